The van der Waals surface area contributed by atoms with Crippen molar-refractivity contribution in [3.05, 3.63) is 47.7 Å². The van der Waals surface area contributed by atoms with Crippen LogP contribution in [0.1, 0.15) is 49.8 Å². The molecular weight excluding hydrogens is 336 g/mol. The quantitative estimate of drug-likeness (QED) is 0.699. The van der Waals surface area contributed by atoms with Crippen molar-refractivity contribution in [2.24, 2.45) is 5.92 Å². The monoisotopic (exact) mass is 358 g/mol. The predicted octanol–water partition coefficient (Wildman–Crippen LogP) is 5.21. The van der Waals surface area contributed by atoms with Crippen molar-refractivity contribution in [3.63, 3.8) is 0 Å². The standard InChI is InChI=1S/C23H22N2O2/c26-22-23(10-1-2-11-23)18-9-8-15(13-20(18)24-22)16-4-3-5-17-19(12-14-6-7-14)25-27-21(16)17/h3-5,8-9,13-14H,1-2,6-7,10-12H2,(H,24,26). The van der Waals surface area contributed by atoms with Gasteiger partial charge in [-0.05, 0) is 61.3 Å². The molecule has 136 valence electrons. The van der Waals surface area contributed by atoms with Gasteiger partial charge in [-0.3, -0.25) is 4.79 Å². The molecule has 2 aromatic carbocycles. The molecule has 0 saturated heterocycles. The van der Waals surface area contributed by atoms with Gasteiger partial charge in [-0.15, -0.1) is 0 Å². The molecule has 1 aromatic heterocycles. The second-order valence-corrected chi connectivity index (χ2v) is 8.46. The number of fused-ring (bicyclic) bond motifs is 3. The topological polar surface area (TPSA) is 55.1 Å². The normalized spacial score (nSPS) is 20.4. The van der Waals surface area contributed by atoms with E-state index in [2.05, 4.69) is 46.9 Å². The van der Waals surface area contributed by atoms with Crippen molar-refractivity contribution in [3.8, 4) is 11.1 Å². The minimum absolute atomic E-state index is 0.178. The first-order chi connectivity index (χ1) is 13.2. The molecule has 2 heterocycles. The lowest BCUT2D eigenvalue weighted by Crippen LogP contribution is -2.30. The summed E-state index contributed by atoms with van der Waals surface area (Å²) in [6, 6.07) is 12.7. The molecule has 0 bridgehead atoms. The lowest BCUT2D eigenvalue weighted by Gasteiger charge is -2.20. The van der Waals surface area contributed by atoms with E-state index in [1.54, 1.807) is 0 Å². The number of hydrogen-bond acceptors (Lipinski definition) is 3. The van der Waals surface area contributed by atoms with Gasteiger partial charge in [-0.25, -0.2) is 0 Å². The van der Waals surface area contributed by atoms with Crippen LogP contribution in [0.2, 0.25) is 0 Å². The Kier molecular flexibility index (Phi) is 3.11. The van der Waals surface area contributed by atoms with Crippen LogP contribution in [0.5, 0.6) is 0 Å². The van der Waals surface area contributed by atoms with E-state index in [0.717, 1.165) is 71.5 Å². The number of amides is 1. The molecule has 0 unspecified atom stereocenters. The second-order valence-electron chi connectivity index (χ2n) is 8.46. The molecule has 27 heavy (non-hydrogen) atoms. The Morgan fingerprint density at radius 2 is 2.00 bits per heavy atom. The highest BCUT2D eigenvalue weighted by Gasteiger charge is 2.48. The summed E-state index contributed by atoms with van der Waals surface area (Å²) in [4.78, 5) is 12.7. The lowest BCUT2D eigenvalue weighted by molar-refractivity contribution is -0.120. The van der Waals surface area contributed by atoms with E-state index in [9.17, 15) is 4.79 Å². The van der Waals surface area contributed by atoms with Gasteiger partial charge in [0.1, 0.15) is 0 Å². The molecule has 2 fully saturated rings. The summed E-state index contributed by atoms with van der Waals surface area (Å²) in [5, 5.41) is 8.62. The van der Waals surface area contributed by atoms with Gasteiger partial charge in [0.05, 0.1) is 11.1 Å². The molecule has 2 aliphatic carbocycles. The summed E-state index contributed by atoms with van der Waals surface area (Å²) < 4.78 is 5.76. The molecule has 0 radical (unpaired) electrons. The first kappa shape index (κ1) is 15.4. The van der Waals surface area contributed by atoms with Crippen LogP contribution in [0.25, 0.3) is 22.1 Å². The Labute approximate surface area is 157 Å². The molecule has 1 amide bonds. The summed E-state index contributed by atoms with van der Waals surface area (Å²) in [5.41, 5.74) is 5.91. The largest absolute Gasteiger partial charge is 0.355 e. The summed E-state index contributed by atoms with van der Waals surface area (Å²) in [6.07, 6.45) is 7.83. The first-order valence-electron chi connectivity index (χ1n) is 10.1. The number of anilines is 1. The Balaban J connectivity index is 1.44. The lowest BCUT2D eigenvalue weighted by atomic mass is 9.80. The summed E-state index contributed by atoms with van der Waals surface area (Å²) in [7, 11) is 0. The highest BCUT2D eigenvalue weighted by atomic mass is 16.5. The zero-order chi connectivity index (χ0) is 18.0. The number of hydrogen-bond donors (Lipinski definition) is 1. The third-order valence-corrected chi connectivity index (χ3v) is 6.74. The van der Waals surface area contributed by atoms with Gasteiger partial charge in [0.15, 0.2) is 5.58 Å². The Morgan fingerprint density at radius 1 is 1.15 bits per heavy atom. The van der Waals surface area contributed by atoms with Crippen molar-refractivity contribution in [2.75, 3.05) is 5.32 Å². The molecule has 6 rings (SSSR count). The average Bonchev–Trinajstić information content (AvgIpc) is 3.11. The fraction of sp³-hybridized carbons (Fsp3) is 0.391. The van der Waals surface area contributed by atoms with E-state index in [1.807, 2.05) is 0 Å². The van der Waals surface area contributed by atoms with Crippen molar-refractivity contribution in [2.45, 2.75) is 50.4 Å². The number of nitrogens with one attached hydrogen (secondary N) is 1. The fourth-order valence-electron chi connectivity index (χ4n) is 5.05. The van der Waals surface area contributed by atoms with E-state index >= 15 is 0 Å². The van der Waals surface area contributed by atoms with Crippen LogP contribution in [-0.2, 0) is 16.6 Å². The minimum Gasteiger partial charge on any atom is -0.355 e. The Hall–Kier alpha value is -2.62. The van der Waals surface area contributed by atoms with Gasteiger partial charge in [0.25, 0.3) is 0 Å². The van der Waals surface area contributed by atoms with Crippen LogP contribution >= 0.6 is 0 Å². The van der Waals surface area contributed by atoms with Gasteiger partial charge in [-0.1, -0.05) is 42.3 Å². The van der Waals surface area contributed by atoms with Crippen LogP contribution in [0, 0.1) is 5.92 Å². The average molecular weight is 358 g/mol. The van der Waals surface area contributed by atoms with E-state index in [-0.39, 0.29) is 11.3 Å². The molecule has 3 aliphatic rings. The smallest absolute Gasteiger partial charge is 0.235 e. The van der Waals surface area contributed by atoms with Crippen molar-refractivity contribution in [1.29, 1.82) is 0 Å². The van der Waals surface area contributed by atoms with Crippen molar-refractivity contribution in [1.82, 2.24) is 5.16 Å². The summed E-state index contributed by atoms with van der Waals surface area (Å²) >= 11 is 0. The highest BCUT2D eigenvalue weighted by Crippen LogP contribution is 2.49. The van der Waals surface area contributed by atoms with Crippen LogP contribution in [0.15, 0.2) is 40.9 Å². The predicted molar refractivity (Wildman–Crippen MR) is 105 cm³/mol. The van der Waals surface area contributed by atoms with Crippen LogP contribution in [0.4, 0.5) is 5.69 Å². The van der Waals surface area contributed by atoms with Crippen molar-refractivity contribution >= 4 is 22.6 Å². The van der Waals surface area contributed by atoms with Crippen LogP contribution in [-0.4, -0.2) is 11.1 Å². The highest BCUT2D eigenvalue weighted by molar-refractivity contribution is 6.07. The Bertz CT molecular complexity index is 1070. The second kappa shape index (κ2) is 5.44. The third-order valence-electron chi connectivity index (χ3n) is 6.74. The van der Waals surface area contributed by atoms with E-state index in [0.29, 0.717) is 0 Å². The number of aromatic nitrogens is 1. The van der Waals surface area contributed by atoms with E-state index < -0.39 is 0 Å². The zero-order valence-corrected chi connectivity index (χ0v) is 15.3. The SMILES string of the molecule is O=C1Nc2cc(-c3cccc4c(CC5CC5)noc34)ccc2C12CCCC2. The van der Waals surface area contributed by atoms with Crippen LogP contribution in [0.3, 0.4) is 0 Å². The van der Waals surface area contributed by atoms with Gasteiger partial charge in [-0.2, -0.15) is 0 Å². The molecule has 1 N–H and O–H groups in total. The summed E-state index contributed by atoms with van der Waals surface area (Å²) in [6.45, 7) is 0. The molecule has 4 nitrogen and oxygen atoms in total. The fourth-order valence-corrected chi connectivity index (χ4v) is 5.05. The van der Waals surface area contributed by atoms with Gasteiger partial charge < -0.3 is 9.84 Å². The van der Waals surface area contributed by atoms with Gasteiger partial charge >= 0.3 is 0 Å². The first-order valence-corrected chi connectivity index (χ1v) is 10.1. The number of carbonyl (C=O) groups is 1. The van der Waals surface area contributed by atoms with E-state index in [1.165, 1.54) is 18.4 Å². The molecule has 2 saturated carbocycles. The Morgan fingerprint density at radius 3 is 2.81 bits per heavy atom. The molecule has 0 atom stereocenters. The number of nitrogens with zero attached hydrogens (tertiary/aromatic N) is 1. The third kappa shape index (κ3) is 2.22. The number of carbonyl (C=O) groups excluding carboxylic acids is 1. The maximum absolute atomic E-state index is 12.7. The maximum Gasteiger partial charge on any atom is 0.235 e. The molecule has 4 heteroatoms. The van der Waals surface area contributed by atoms with E-state index in [4.69, 9.17) is 4.52 Å². The van der Waals surface area contributed by atoms with Crippen LogP contribution < -0.4 is 5.32 Å². The maximum atomic E-state index is 12.7. The molecule has 1 spiro atoms. The number of rotatable bonds is 3. The van der Waals surface area contributed by atoms with Crippen molar-refractivity contribution < 1.29 is 9.32 Å². The van der Waals surface area contributed by atoms with Gasteiger partial charge in [0.2, 0.25) is 5.91 Å². The summed E-state index contributed by atoms with van der Waals surface area (Å²) in [5.74, 6) is 0.955. The number of para-hydroxylation sites is 1. The zero-order valence-electron chi connectivity index (χ0n) is 15.3. The van der Waals surface area contributed by atoms with Gasteiger partial charge in [0, 0.05) is 16.6 Å². The molecule has 3 aromatic rings. The number of benzene rings is 2. The molecule has 1 aliphatic heterocycles. The minimum atomic E-state index is -0.288. The molecular formula is C23H22N2O2.